The second kappa shape index (κ2) is 6.47. The van der Waals surface area contributed by atoms with Gasteiger partial charge in [-0.1, -0.05) is 30.3 Å². The summed E-state index contributed by atoms with van der Waals surface area (Å²) in [6.07, 6.45) is 1.08. The maximum atomic E-state index is 4.70. The number of thiazole rings is 2. The van der Waals surface area contributed by atoms with Gasteiger partial charge in [-0.2, -0.15) is 0 Å². The molecule has 0 bridgehead atoms. The average Bonchev–Trinajstić information content (AvgIpc) is 3.26. The summed E-state index contributed by atoms with van der Waals surface area (Å²) in [5.41, 5.74) is 2.95. The summed E-state index contributed by atoms with van der Waals surface area (Å²) in [4.78, 5) is 13.7. The molecular weight excluding hydrogens is 326 g/mol. The fourth-order valence-electron chi connectivity index (χ4n) is 2.27. The molecular formula is C16H15N5S2. The van der Waals surface area contributed by atoms with E-state index in [2.05, 4.69) is 38.1 Å². The molecule has 0 saturated carbocycles. The molecule has 2 N–H and O–H groups in total. The van der Waals surface area contributed by atoms with Crippen LogP contribution in [-0.2, 0) is 0 Å². The van der Waals surface area contributed by atoms with Crippen molar-refractivity contribution in [2.45, 2.75) is 6.42 Å². The predicted octanol–water partition coefficient (Wildman–Crippen LogP) is 3.69. The Balaban J connectivity index is 1.53. The van der Waals surface area contributed by atoms with E-state index >= 15 is 0 Å². The average molecular weight is 341 g/mol. The number of guanidine groups is 1. The number of benzene rings is 1. The molecule has 1 aliphatic rings. The molecule has 4 rings (SSSR count). The van der Waals surface area contributed by atoms with E-state index in [1.807, 2.05) is 23.6 Å². The van der Waals surface area contributed by atoms with E-state index in [9.17, 15) is 0 Å². The summed E-state index contributed by atoms with van der Waals surface area (Å²) in [6.45, 7) is 1.82. The zero-order valence-electron chi connectivity index (χ0n) is 12.3. The summed E-state index contributed by atoms with van der Waals surface area (Å²) in [5.74, 6) is 0.806. The van der Waals surface area contributed by atoms with Crippen LogP contribution in [0.15, 0.2) is 46.1 Å². The van der Waals surface area contributed by atoms with Crippen LogP contribution in [0.25, 0.3) is 22.0 Å². The molecule has 116 valence electrons. The summed E-state index contributed by atoms with van der Waals surface area (Å²) in [5, 5.41) is 12.4. The molecule has 0 spiro atoms. The molecule has 2 aromatic heterocycles. The molecule has 0 fully saturated rings. The number of hydrogen-bond acceptors (Lipinski definition) is 7. The molecule has 0 unspecified atom stereocenters. The zero-order valence-corrected chi connectivity index (χ0v) is 14.0. The number of rotatable bonds is 3. The van der Waals surface area contributed by atoms with Crippen molar-refractivity contribution < 1.29 is 0 Å². The summed E-state index contributed by atoms with van der Waals surface area (Å²) >= 11 is 3.20. The number of nitrogens with zero attached hydrogens (tertiary/aromatic N) is 3. The van der Waals surface area contributed by atoms with Gasteiger partial charge in [-0.25, -0.2) is 9.97 Å². The normalized spacial score (nSPS) is 14.2. The smallest absolute Gasteiger partial charge is 0.197 e. The topological polar surface area (TPSA) is 62.2 Å². The Morgan fingerprint density at radius 1 is 1.00 bits per heavy atom. The Bertz CT molecular complexity index is 822. The van der Waals surface area contributed by atoms with Crippen LogP contribution in [0.5, 0.6) is 0 Å². The van der Waals surface area contributed by atoms with Crippen LogP contribution in [0.2, 0.25) is 0 Å². The number of hydrogen-bond donors (Lipinski definition) is 2. The molecule has 3 aromatic rings. The van der Waals surface area contributed by atoms with Gasteiger partial charge < -0.3 is 10.6 Å². The van der Waals surface area contributed by atoms with E-state index in [1.54, 1.807) is 22.7 Å². The molecule has 0 radical (unpaired) electrons. The van der Waals surface area contributed by atoms with Crippen LogP contribution in [0, 0.1) is 0 Å². The van der Waals surface area contributed by atoms with Gasteiger partial charge in [-0.3, -0.25) is 4.99 Å². The molecule has 0 amide bonds. The number of anilines is 1. The lowest BCUT2D eigenvalue weighted by Crippen LogP contribution is -2.35. The van der Waals surface area contributed by atoms with E-state index in [-0.39, 0.29) is 0 Å². The third kappa shape index (κ3) is 3.25. The van der Waals surface area contributed by atoms with Gasteiger partial charge in [0.05, 0.1) is 0 Å². The van der Waals surface area contributed by atoms with Gasteiger partial charge in [0.1, 0.15) is 16.4 Å². The maximum Gasteiger partial charge on any atom is 0.197 e. The van der Waals surface area contributed by atoms with E-state index in [0.717, 1.165) is 52.6 Å². The van der Waals surface area contributed by atoms with Crippen molar-refractivity contribution >= 4 is 33.8 Å². The van der Waals surface area contributed by atoms with Crippen LogP contribution in [0.4, 0.5) is 5.13 Å². The van der Waals surface area contributed by atoms with Gasteiger partial charge in [0.2, 0.25) is 0 Å². The Hall–Kier alpha value is -2.25. The zero-order chi connectivity index (χ0) is 15.5. The lowest BCUT2D eigenvalue weighted by atomic mass is 10.2. The minimum atomic E-state index is 0.806. The highest BCUT2D eigenvalue weighted by Crippen LogP contribution is 2.30. The molecule has 0 aliphatic carbocycles. The molecule has 0 atom stereocenters. The quantitative estimate of drug-likeness (QED) is 0.762. The first kappa shape index (κ1) is 14.3. The molecule has 7 heteroatoms. The van der Waals surface area contributed by atoms with Crippen molar-refractivity contribution in [2.24, 2.45) is 4.99 Å². The molecule has 1 aliphatic heterocycles. The molecule has 1 aromatic carbocycles. The van der Waals surface area contributed by atoms with Crippen molar-refractivity contribution in [3.8, 4) is 22.0 Å². The van der Waals surface area contributed by atoms with Crippen LogP contribution in [0.3, 0.4) is 0 Å². The fourth-order valence-corrected chi connectivity index (χ4v) is 3.79. The van der Waals surface area contributed by atoms with Crippen molar-refractivity contribution in [2.75, 3.05) is 18.4 Å². The van der Waals surface area contributed by atoms with E-state index in [0.29, 0.717) is 0 Å². The van der Waals surface area contributed by atoms with E-state index < -0.39 is 0 Å². The van der Waals surface area contributed by atoms with Gasteiger partial charge in [-0.15, -0.1) is 22.7 Å². The monoisotopic (exact) mass is 341 g/mol. The highest BCUT2D eigenvalue weighted by atomic mass is 32.1. The maximum absolute atomic E-state index is 4.70. The number of aromatic nitrogens is 2. The fraction of sp³-hybridized carbons (Fsp3) is 0.188. The first-order valence-corrected chi connectivity index (χ1v) is 9.16. The van der Waals surface area contributed by atoms with Crippen molar-refractivity contribution in [1.29, 1.82) is 0 Å². The van der Waals surface area contributed by atoms with Crippen LogP contribution in [-0.4, -0.2) is 29.0 Å². The largest absolute Gasteiger partial charge is 0.356 e. The summed E-state index contributed by atoms with van der Waals surface area (Å²) < 4.78 is 0. The van der Waals surface area contributed by atoms with Gasteiger partial charge in [0.15, 0.2) is 11.1 Å². The molecule has 3 heterocycles. The van der Waals surface area contributed by atoms with E-state index in [1.165, 1.54) is 0 Å². The van der Waals surface area contributed by atoms with Gasteiger partial charge >= 0.3 is 0 Å². The molecule has 23 heavy (non-hydrogen) atoms. The van der Waals surface area contributed by atoms with Crippen LogP contribution >= 0.6 is 22.7 Å². The number of aliphatic imine (C=N–C) groups is 1. The third-order valence-corrected chi connectivity index (χ3v) is 5.06. The highest BCUT2D eigenvalue weighted by Gasteiger charge is 2.11. The Morgan fingerprint density at radius 3 is 2.65 bits per heavy atom. The highest BCUT2D eigenvalue weighted by molar-refractivity contribution is 7.14. The minimum Gasteiger partial charge on any atom is -0.356 e. The first-order chi connectivity index (χ1) is 11.4. The number of nitrogens with one attached hydrogen (secondary N) is 2. The third-order valence-electron chi connectivity index (χ3n) is 3.41. The van der Waals surface area contributed by atoms with Crippen LogP contribution in [0.1, 0.15) is 6.42 Å². The lowest BCUT2D eigenvalue weighted by Gasteiger charge is -2.13. The minimum absolute atomic E-state index is 0.806. The Labute approximate surface area is 142 Å². The second-order valence-electron chi connectivity index (χ2n) is 5.08. The summed E-state index contributed by atoms with van der Waals surface area (Å²) in [7, 11) is 0. The molecule has 0 saturated heterocycles. The van der Waals surface area contributed by atoms with Crippen molar-refractivity contribution in [1.82, 2.24) is 15.3 Å². The van der Waals surface area contributed by atoms with Gasteiger partial charge in [-0.05, 0) is 6.42 Å². The Morgan fingerprint density at radius 2 is 1.83 bits per heavy atom. The van der Waals surface area contributed by atoms with Crippen LogP contribution < -0.4 is 10.6 Å². The molecule has 5 nitrogen and oxygen atoms in total. The predicted molar refractivity (Wildman–Crippen MR) is 97.2 cm³/mol. The van der Waals surface area contributed by atoms with Gasteiger partial charge in [0.25, 0.3) is 0 Å². The standard InChI is InChI=1S/C16H15N5S2/c1-2-5-11(6-3-1)14-19-12(9-22-14)13-10-23-16(20-13)21-15-17-7-4-8-18-15/h1-3,5-6,9-10H,4,7-8H2,(H2,17,18,20,21). The van der Waals surface area contributed by atoms with Crippen molar-refractivity contribution in [3.05, 3.63) is 41.1 Å². The summed E-state index contributed by atoms with van der Waals surface area (Å²) in [6, 6.07) is 10.2. The SMILES string of the molecule is c1ccc(-c2nc(-c3csc(NC4=NCCCN4)n3)cs2)cc1. The Kier molecular flexibility index (Phi) is 4.04. The first-order valence-electron chi connectivity index (χ1n) is 7.41. The van der Waals surface area contributed by atoms with Crippen molar-refractivity contribution in [3.63, 3.8) is 0 Å². The van der Waals surface area contributed by atoms with Gasteiger partial charge in [0, 0.05) is 29.4 Å². The second-order valence-corrected chi connectivity index (χ2v) is 6.79. The lowest BCUT2D eigenvalue weighted by molar-refractivity contribution is 0.740. The van der Waals surface area contributed by atoms with E-state index in [4.69, 9.17) is 4.98 Å².